The second-order valence-corrected chi connectivity index (χ2v) is 7.34. The number of benzene rings is 2. The van der Waals surface area contributed by atoms with Crippen LogP contribution < -0.4 is 4.74 Å². The lowest BCUT2D eigenvalue weighted by molar-refractivity contribution is 0.0897. The van der Waals surface area contributed by atoms with Gasteiger partial charge < -0.3 is 14.7 Å². The summed E-state index contributed by atoms with van der Waals surface area (Å²) in [7, 11) is 0. The first-order valence-corrected chi connectivity index (χ1v) is 9.33. The predicted molar refractivity (Wildman–Crippen MR) is 100 cm³/mol. The molecule has 2 aliphatic heterocycles. The maximum absolute atomic E-state index is 10.7. The van der Waals surface area contributed by atoms with E-state index in [0.29, 0.717) is 6.54 Å². The van der Waals surface area contributed by atoms with E-state index in [1.165, 1.54) is 5.56 Å². The minimum atomic E-state index is -0.507. The number of β-amino-alcohol motifs (C(OH)–C–C–N with tert-alkyl or cyclic N) is 1. The molecule has 0 unspecified atom stereocenters. The molecule has 2 aromatic rings. The average molecular weight is 348 g/mol. The molecule has 0 saturated carbocycles. The molecule has 4 rings (SSSR count). The molecule has 1 fully saturated rings. The highest BCUT2D eigenvalue weighted by Crippen LogP contribution is 2.35. The van der Waals surface area contributed by atoms with Gasteiger partial charge in [0, 0.05) is 26.1 Å². The van der Waals surface area contributed by atoms with Crippen molar-refractivity contribution in [2.75, 3.05) is 26.2 Å². The van der Waals surface area contributed by atoms with Crippen LogP contribution in [0.1, 0.15) is 35.6 Å². The molecule has 1 saturated heterocycles. The van der Waals surface area contributed by atoms with Crippen LogP contribution >= 0.6 is 0 Å². The standard InChI is InChI=1S/C22H24N2O2/c23-16-22(19-4-2-1-3-5-19)9-11-24(12-10-22)15-20(25)17-6-7-21-18(14-17)8-13-26-21/h1-7,14,20,25H,8-13,15H2/t20-/m0/s1. The average Bonchev–Trinajstić information content (AvgIpc) is 3.17. The van der Waals surface area contributed by atoms with E-state index in [4.69, 9.17) is 4.74 Å². The Kier molecular flexibility index (Phi) is 4.67. The first-order valence-electron chi connectivity index (χ1n) is 9.33. The lowest BCUT2D eigenvalue weighted by Crippen LogP contribution is -2.43. The van der Waals surface area contributed by atoms with Crippen molar-refractivity contribution in [3.8, 4) is 11.8 Å². The number of nitrogens with zero attached hydrogens (tertiary/aromatic N) is 2. The maximum atomic E-state index is 10.7. The van der Waals surface area contributed by atoms with E-state index in [1.807, 2.05) is 30.3 Å². The van der Waals surface area contributed by atoms with Crippen molar-refractivity contribution in [2.24, 2.45) is 0 Å². The zero-order chi connectivity index (χ0) is 18.0. The van der Waals surface area contributed by atoms with Crippen molar-refractivity contribution >= 4 is 0 Å². The molecule has 2 aromatic carbocycles. The Morgan fingerprint density at radius 1 is 1.15 bits per heavy atom. The largest absolute Gasteiger partial charge is 0.493 e. The fourth-order valence-electron chi connectivity index (χ4n) is 4.10. The SMILES string of the molecule is N#CC1(c2ccccc2)CCN(C[C@H](O)c2ccc3c(c2)CCO3)CC1. The van der Waals surface area contributed by atoms with E-state index in [0.717, 1.165) is 55.8 Å². The number of aliphatic hydroxyl groups excluding tert-OH is 1. The summed E-state index contributed by atoms with van der Waals surface area (Å²) in [6.45, 7) is 2.99. The molecular weight excluding hydrogens is 324 g/mol. The molecule has 4 heteroatoms. The Hall–Kier alpha value is -2.35. The van der Waals surface area contributed by atoms with Gasteiger partial charge in [-0.2, -0.15) is 5.26 Å². The van der Waals surface area contributed by atoms with Crippen molar-refractivity contribution in [3.63, 3.8) is 0 Å². The Morgan fingerprint density at radius 3 is 2.65 bits per heavy atom. The molecule has 26 heavy (non-hydrogen) atoms. The number of fused-ring (bicyclic) bond motifs is 1. The summed E-state index contributed by atoms with van der Waals surface area (Å²) in [5, 5.41) is 20.5. The third-order valence-electron chi connectivity index (χ3n) is 5.78. The molecule has 2 aliphatic rings. The fraction of sp³-hybridized carbons (Fsp3) is 0.409. The van der Waals surface area contributed by atoms with Gasteiger partial charge in [0.25, 0.3) is 0 Å². The summed E-state index contributed by atoms with van der Waals surface area (Å²) in [6.07, 6.45) is 2.02. The van der Waals surface area contributed by atoms with Crippen molar-refractivity contribution in [2.45, 2.75) is 30.8 Å². The van der Waals surface area contributed by atoms with Crippen LogP contribution in [0.25, 0.3) is 0 Å². The molecule has 0 amide bonds. The van der Waals surface area contributed by atoms with E-state index < -0.39 is 11.5 Å². The second kappa shape index (κ2) is 7.11. The number of hydrogen-bond donors (Lipinski definition) is 1. The summed E-state index contributed by atoms with van der Waals surface area (Å²) in [5.41, 5.74) is 2.86. The molecule has 1 atom stereocenters. The summed E-state index contributed by atoms with van der Waals surface area (Å²) >= 11 is 0. The van der Waals surface area contributed by atoms with Gasteiger partial charge in [0.1, 0.15) is 5.75 Å². The Balaban J connectivity index is 1.40. The third kappa shape index (κ3) is 3.21. The summed E-state index contributed by atoms with van der Waals surface area (Å²) in [4.78, 5) is 2.27. The van der Waals surface area contributed by atoms with E-state index in [-0.39, 0.29) is 0 Å². The molecule has 0 aromatic heterocycles. The van der Waals surface area contributed by atoms with Crippen molar-refractivity contribution in [3.05, 3.63) is 65.2 Å². The first-order chi connectivity index (χ1) is 12.7. The van der Waals surface area contributed by atoms with E-state index >= 15 is 0 Å². The van der Waals surface area contributed by atoms with Gasteiger partial charge in [0.2, 0.25) is 0 Å². The highest BCUT2D eigenvalue weighted by molar-refractivity contribution is 5.40. The van der Waals surface area contributed by atoms with Gasteiger partial charge in [0.15, 0.2) is 0 Å². The van der Waals surface area contributed by atoms with Crippen LogP contribution in [-0.2, 0) is 11.8 Å². The Labute approximate surface area is 154 Å². The van der Waals surface area contributed by atoms with Gasteiger partial charge in [-0.3, -0.25) is 0 Å². The molecule has 0 radical (unpaired) electrons. The van der Waals surface area contributed by atoms with Crippen molar-refractivity contribution in [1.82, 2.24) is 4.90 Å². The van der Waals surface area contributed by atoms with Gasteiger partial charge in [0.05, 0.1) is 24.2 Å². The van der Waals surface area contributed by atoms with Gasteiger partial charge in [-0.05, 0) is 41.7 Å². The third-order valence-corrected chi connectivity index (χ3v) is 5.78. The van der Waals surface area contributed by atoms with Crippen LogP contribution in [-0.4, -0.2) is 36.2 Å². The second-order valence-electron chi connectivity index (χ2n) is 7.34. The minimum Gasteiger partial charge on any atom is -0.493 e. The van der Waals surface area contributed by atoms with Crippen LogP contribution in [0.2, 0.25) is 0 Å². The molecule has 0 aliphatic carbocycles. The number of nitriles is 1. The zero-order valence-corrected chi connectivity index (χ0v) is 14.9. The van der Waals surface area contributed by atoms with Crippen molar-refractivity contribution in [1.29, 1.82) is 5.26 Å². The number of rotatable bonds is 4. The molecule has 4 nitrogen and oxygen atoms in total. The fourth-order valence-corrected chi connectivity index (χ4v) is 4.10. The first kappa shape index (κ1) is 17.1. The predicted octanol–water partition coefficient (Wildman–Crippen LogP) is 3.21. The van der Waals surface area contributed by atoms with Crippen LogP contribution in [0.4, 0.5) is 0 Å². The number of likely N-dealkylation sites (tertiary alicyclic amines) is 1. The lowest BCUT2D eigenvalue weighted by atomic mass is 9.74. The van der Waals surface area contributed by atoms with Crippen molar-refractivity contribution < 1.29 is 9.84 Å². The van der Waals surface area contributed by atoms with E-state index in [2.05, 4.69) is 29.2 Å². The monoisotopic (exact) mass is 348 g/mol. The van der Waals surface area contributed by atoms with Crippen LogP contribution in [0.15, 0.2) is 48.5 Å². The highest BCUT2D eigenvalue weighted by Gasteiger charge is 2.36. The molecule has 2 heterocycles. The highest BCUT2D eigenvalue weighted by atomic mass is 16.5. The molecule has 0 bridgehead atoms. The summed E-state index contributed by atoms with van der Waals surface area (Å²) < 4.78 is 5.54. The quantitative estimate of drug-likeness (QED) is 0.922. The van der Waals surface area contributed by atoms with Gasteiger partial charge >= 0.3 is 0 Å². The van der Waals surface area contributed by atoms with E-state index in [1.54, 1.807) is 0 Å². The van der Waals surface area contributed by atoms with Crippen LogP contribution in [0.5, 0.6) is 5.75 Å². The smallest absolute Gasteiger partial charge is 0.122 e. The zero-order valence-electron chi connectivity index (χ0n) is 14.9. The van der Waals surface area contributed by atoms with Crippen LogP contribution in [0.3, 0.4) is 0 Å². The Bertz CT molecular complexity index is 805. The Morgan fingerprint density at radius 2 is 1.92 bits per heavy atom. The number of hydrogen-bond acceptors (Lipinski definition) is 4. The molecule has 0 spiro atoms. The molecular formula is C22H24N2O2. The minimum absolute atomic E-state index is 0.395. The number of piperidine rings is 1. The molecule has 134 valence electrons. The number of aliphatic hydroxyl groups is 1. The van der Waals surface area contributed by atoms with Gasteiger partial charge in [-0.1, -0.05) is 36.4 Å². The lowest BCUT2D eigenvalue weighted by Gasteiger charge is -2.38. The normalized spacial score (nSPS) is 20.0. The topological polar surface area (TPSA) is 56.5 Å². The van der Waals surface area contributed by atoms with E-state index in [9.17, 15) is 10.4 Å². The summed E-state index contributed by atoms with van der Waals surface area (Å²) in [6, 6.07) is 18.7. The summed E-state index contributed by atoms with van der Waals surface area (Å²) in [5.74, 6) is 0.945. The maximum Gasteiger partial charge on any atom is 0.122 e. The van der Waals surface area contributed by atoms with Gasteiger partial charge in [-0.25, -0.2) is 0 Å². The molecule has 1 N–H and O–H groups in total. The number of ether oxygens (including phenoxy) is 1. The van der Waals surface area contributed by atoms with Gasteiger partial charge in [-0.15, -0.1) is 0 Å². The van der Waals surface area contributed by atoms with Crippen LogP contribution in [0, 0.1) is 11.3 Å².